The lowest BCUT2D eigenvalue weighted by Gasteiger charge is -2.03. The number of nitrogens with zero attached hydrogens (tertiary/aromatic N) is 3. The van der Waals surface area contributed by atoms with E-state index in [1.54, 1.807) is 11.8 Å². The standard InChI is InChI=1S/C15H19N3O3/c1-21-14-7-4-5-12(9-14)10-18-11-13(16-17-18)6-2-3-8-15(19)20/h4-5,7,9,11H,2-3,6,8,10H2,1H3,(H,19,20). The fourth-order valence-electron chi connectivity index (χ4n) is 2.07. The summed E-state index contributed by atoms with van der Waals surface area (Å²) in [5.74, 6) is 0.0678. The van der Waals surface area contributed by atoms with Gasteiger partial charge in [0.15, 0.2) is 0 Å². The molecule has 0 saturated carbocycles. The predicted molar refractivity (Wildman–Crippen MR) is 77.3 cm³/mol. The molecule has 6 nitrogen and oxygen atoms in total. The van der Waals surface area contributed by atoms with Gasteiger partial charge in [-0.25, -0.2) is 4.68 Å². The van der Waals surface area contributed by atoms with Gasteiger partial charge in [-0.2, -0.15) is 0 Å². The van der Waals surface area contributed by atoms with Crippen molar-refractivity contribution in [2.75, 3.05) is 7.11 Å². The summed E-state index contributed by atoms with van der Waals surface area (Å²) in [6.45, 7) is 0.638. The molecule has 0 unspecified atom stereocenters. The van der Waals surface area contributed by atoms with Gasteiger partial charge in [-0.1, -0.05) is 17.3 Å². The highest BCUT2D eigenvalue weighted by Crippen LogP contribution is 2.13. The molecular weight excluding hydrogens is 270 g/mol. The maximum absolute atomic E-state index is 10.4. The Labute approximate surface area is 123 Å². The van der Waals surface area contributed by atoms with Crippen LogP contribution in [0.1, 0.15) is 30.5 Å². The minimum Gasteiger partial charge on any atom is -0.497 e. The molecule has 2 rings (SSSR count). The lowest BCUT2D eigenvalue weighted by molar-refractivity contribution is -0.137. The molecule has 2 aromatic rings. The van der Waals surface area contributed by atoms with E-state index in [4.69, 9.17) is 9.84 Å². The third kappa shape index (κ3) is 4.91. The van der Waals surface area contributed by atoms with Crippen LogP contribution in [0.4, 0.5) is 0 Å². The number of aryl methyl sites for hydroxylation is 1. The summed E-state index contributed by atoms with van der Waals surface area (Å²) in [5, 5.41) is 16.8. The van der Waals surface area contributed by atoms with Crippen LogP contribution in [0.3, 0.4) is 0 Å². The number of carboxylic acid groups (broad SMARTS) is 1. The molecule has 0 amide bonds. The maximum Gasteiger partial charge on any atom is 0.303 e. The number of hydrogen-bond acceptors (Lipinski definition) is 4. The summed E-state index contributed by atoms with van der Waals surface area (Å²) in [5.41, 5.74) is 1.99. The summed E-state index contributed by atoms with van der Waals surface area (Å²) in [6, 6.07) is 7.82. The monoisotopic (exact) mass is 289 g/mol. The van der Waals surface area contributed by atoms with Gasteiger partial charge in [0.05, 0.1) is 19.3 Å². The minimum absolute atomic E-state index is 0.206. The van der Waals surface area contributed by atoms with Crippen LogP contribution >= 0.6 is 0 Å². The Morgan fingerprint density at radius 2 is 2.24 bits per heavy atom. The Hall–Kier alpha value is -2.37. The molecule has 1 aromatic carbocycles. The van der Waals surface area contributed by atoms with Gasteiger partial charge in [0, 0.05) is 12.6 Å². The molecule has 0 aliphatic carbocycles. The largest absolute Gasteiger partial charge is 0.497 e. The second-order valence-electron chi connectivity index (χ2n) is 4.86. The fraction of sp³-hybridized carbons (Fsp3) is 0.400. The smallest absolute Gasteiger partial charge is 0.303 e. The Morgan fingerprint density at radius 1 is 1.38 bits per heavy atom. The maximum atomic E-state index is 10.4. The van der Waals surface area contributed by atoms with Crippen LogP contribution in [0.15, 0.2) is 30.5 Å². The Balaban J connectivity index is 1.86. The molecule has 0 atom stereocenters. The highest BCUT2D eigenvalue weighted by Gasteiger charge is 2.04. The number of unbranched alkanes of at least 4 members (excludes halogenated alkanes) is 1. The van der Waals surface area contributed by atoms with Crippen molar-refractivity contribution in [3.05, 3.63) is 41.7 Å². The van der Waals surface area contributed by atoms with E-state index in [0.29, 0.717) is 13.0 Å². The van der Waals surface area contributed by atoms with Crippen molar-refractivity contribution in [1.82, 2.24) is 15.0 Å². The molecule has 0 aliphatic heterocycles. The van der Waals surface area contributed by atoms with Crippen molar-refractivity contribution in [1.29, 1.82) is 0 Å². The number of ether oxygens (including phenoxy) is 1. The first-order valence-electron chi connectivity index (χ1n) is 6.91. The first-order chi connectivity index (χ1) is 10.2. The van der Waals surface area contributed by atoms with Gasteiger partial charge < -0.3 is 9.84 Å². The van der Waals surface area contributed by atoms with Gasteiger partial charge in [-0.3, -0.25) is 4.79 Å². The molecule has 0 bridgehead atoms. The van der Waals surface area contributed by atoms with Crippen LogP contribution in [0.2, 0.25) is 0 Å². The van der Waals surface area contributed by atoms with Gasteiger partial charge in [0.1, 0.15) is 5.75 Å². The molecule has 0 fully saturated rings. The molecule has 21 heavy (non-hydrogen) atoms. The lowest BCUT2D eigenvalue weighted by atomic mass is 10.1. The first kappa shape index (κ1) is 15.0. The number of carboxylic acids is 1. The van der Waals surface area contributed by atoms with Crippen molar-refractivity contribution in [2.24, 2.45) is 0 Å². The van der Waals surface area contributed by atoms with Gasteiger partial charge in [0.25, 0.3) is 0 Å². The molecule has 1 heterocycles. The van der Waals surface area contributed by atoms with Crippen molar-refractivity contribution >= 4 is 5.97 Å². The third-order valence-corrected chi connectivity index (χ3v) is 3.14. The van der Waals surface area contributed by atoms with Gasteiger partial charge in [-0.05, 0) is 37.0 Å². The molecule has 0 aliphatic rings. The van der Waals surface area contributed by atoms with Gasteiger partial charge >= 0.3 is 5.97 Å². The number of hydrogen-bond donors (Lipinski definition) is 1. The van der Waals surface area contributed by atoms with Gasteiger partial charge in [-0.15, -0.1) is 5.10 Å². The summed E-state index contributed by atoms with van der Waals surface area (Å²) < 4.78 is 6.97. The number of rotatable bonds is 8. The average Bonchev–Trinajstić information content (AvgIpc) is 2.91. The van der Waals surface area contributed by atoms with E-state index in [1.807, 2.05) is 30.5 Å². The Bertz CT molecular complexity index is 595. The normalized spacial score (nSPS) is 10.5. The fourth-order valence-corrected chi connectivity index (χ4v) is 2.07. The van der Waals surface area contributed by atoms with E-state index < -0.39 is 5.97 Å². The van der Waals surface area contributed by atoms with E-state index in [9.17, 15) is 4.79 Å². The first-order valence-corrected chi connectivity index (χ1v) is 6.91. The van der Waals surface area contributed by atoms with Crippen LogP contribution < -0.4 is 4.74 Å². The zero-order chi connectivity index (χ0) is 15.1. The Kier molecular flexibility index (Phi) is 5.31. The summed E-state index contributed by atoms with van der Waals surface area (Å²) in [6.07, 6.45) is 4.34. The van der Waals surface area contributed by atoms with Crippen LogP contribution in [0, 0.1) is 0 Å². The molecule has 0 spiro atoms. The molecule has 0 radical (unpaired) electrons. The topological polar surface area (TPSA) is 77.2 Å². The number of aliphatic carboxylic acids is 1. The zero-order valence-electron chi connectivity index (χ0n) is 12.0. The average molecular weight is 289 g/mol. The number of benzene rings is 1. The van der Waals surface area contributed by atoms with Crippen LogP contribution in [0.5, 0.6) is 5.75 Å². The van der Waals surface area contributed by atoms with Crippen molar-refractivity contribution in [3.63, 3.8) is 0 Å². The highest BCUT2D eigenvalue weighted by atomic mass is 16.5. The van der Waals surface area contributed by atoms with Crippen molar-refractivity contribution in [2.45, 2.75) is 32.2 Å². The van der Waals surface area contributed by atoms with E-state index in [2.05, 4.69) is 10.3 Å². The summed E-state index contributed by atoms with van der Waals surface area (Å²) >= 11 is 0. The summed E-state index contributed by atoms with van der Waals surface area (Å²) in [7, 11) is 1.64. The molecule has 1 aromatic heterocycles. The second kappa shape index (κ2) is 7.42. The van der Waals surface area contributed by atoms with Crippen LogP contribution in [-0.2, 0) is 17.8 Å². The van der Waals surface area contributed by atoms with E-state index in [-0.39, 0.29) is 6.42 Å². The van der Waals surface area contributed by atoms with Crippen LogP contribution in [-0.4, -0.2) is 33.2 Å². The number of methoxy groups -OCH3 is 1. The van der Waals surface area contributed by atoms with E-state index in [0.717, 1.165) is 29.8 Å². The molecule has 0 saturated heterocycles. The van der Waals surface area contributed by atoms with Gasteiger partial charge in [0.2, 0.25) is 0 Å². The third-order valence-electron chi connectivity index (χ3n) is 3.14. The minimum atomic E-state index is -0.753. The Morgan fingerprint density at radius 3 is 3.00 bits per heavy atom. The molecular formula is C15H19N3O3. The zero-order valence-corrected chi connectivity index (χ0v) is 12.0. The van der Waals surface area contributed by atoms with Crippen LogP contribution in [0.25, 0.3) is 0 Å². The van der Waals surface area contributed by atoms with E-state index >= 15 is 0 Å². The number of aromatic nitrogens is 3. The van der Waals surface area contributed by atoms with Crippen molar-refractivity contribution < 1.29 is 14.6 Å². The molecule has 6 heteroatoms. The quantitative estimate of drug-likeness (QED) is 0.753. The SMILES string of the molecule is COc1cccc(Cn2cc(CCCCC(=O)O)nn2)c1. The molecule has 112 valence electrons. The molecule has 1 N–H and O–H groups in total. The predicted octanol–water partition coefficient (Wildman–Crippen LogP) is 2.13. The van der Waals surface area contributed by atoms with Crippen molar-refractivity contribution in [3.8, 4) is 5.75 Å². The second-order valence-corrected chi connectivity index (χ2v) is 4.86. The number of carbonyl (C=O) groups is 1. The summed E-state index contributed by atoms with van der Waals surface area (Å²) in [4.78, 5) is 10.4. The lowest BCUT2D eigenvalue weighted by Crippen LogP contribution is -2.00. The van der Waals surface area contributed by atoms with E-state index in [1.165, 1.54) is 0 Å². The highest BCUT2D eigenvalue weighted by molar-refractivity contribution is 5.66.